The van der Waals surface area contributed by atoms with Gasteiger partial charge >= 0.3 is 6.18 Å². The van der Waals surface area contributed by atoms with E-state index in [1.54, 1.807) is 0 Å². The minimum absolute atomic E-state index is 0.0803. The Morgan fingerprint density at radius 1 is 1.44 bits per heavy atom. The molecule has 0 aliphatic rings. The number of benzene rings is 1. The van der Waals surface area contributed by atoms with Gasteiger partial charge in [-0.3, -0.25) is 0 Å². The molecule has 0 unspecified atom stereocenters. The van der Waals surface area contributed by atoms with E-state index in [1.165, 1.54) is 13.0 Å². The van der Waals surface area contributed by atoms with E-state index in [1.807, 2.05) is 0 Å². The van der Waals surface area contributed by atoms with Crippen molar-refractivity contribution in [3.8, 4) is 0 Å². The minimum atomic E-state index is -4.64. The van der Waals surface area contributed by atoms with Crippen molar-refractivity contribution in [1.82, 2.24) is 0 Å². The van der Waals surface area contributed by atoms with Gasteiger partial charge in [-0.1, -0.05) is 12.1 Å². The first-order valence-corrected chi connectivity index (χ1v) is 4.54. The summed E-state index contributed by atoms with van der Waals surface area (Å²) in [6.07, 6.45) is -3.08. The van der Waals surface area contributed by atoms with Gasteiger partial charge in [0.25, 0.3) is 0 Å². The molecule has 0 saturated carbocycles. The van der Waals surface area contributed by atoms with Crippen molar-refractivity contribution in [1.29, 1.82) is 0 Å². The van der Waals surface area contributed by atoms with E-state index in [-0.39, 0.29) is 17.5 Å². The standard InChI is InChI=1S/C11H11F4N/c1-3-4-7-5-6(2)8(11(13,14)15)10(16)9(7)12/h3,5H,1,4,16H2,2H3. The van der Waals surface area contributed by atoms with Gasteiger partial charge in [-0.25, -0.2) is 4.39 Å². The molecule has 0 atom stereocenters. The Hall–Kier alpha value is -1.52. The van der Waals surface area contributed by atoms with Crippen LogP contribution in [0.4, 0.5) is 23.2 Å². The number of alkyl halides is 3. The van der Waals surface area contributed by atoms with E-state index in [2.05, 4.69) is 6.58 Å². The number of halogens is 4. The molecule has 2 N–H and O–H groups in total. The van der Waals surface area contributed by atoms with Gasteiger partial charge in [0.15, 0.2) is 0 Å². The third kappa shape index (κ3) is 2.18. The fraction of sp³-hybridized carbons (Fsp3) is 0.273. The van der Waals surface area contributed by atoms with Crippen LogP contribution in [0.3, 0.4) is 0 Å². The summed E-state index contributed by atoms with van der Waals surface area (Å²) in [4.78, 5) is 0. The highest BCUT2D eigenvalue weighted by atomic mass is 19.4. The first-order valence-electron chi connectivity index (χ1n) is 4.54. The molecule has 16 heavy (non-hydrogen) atoms. The van der Waals surface area contributed by atoms with E-state index in [0.717, 1.165) is 6.07 Å². The largest absolute Gasteiger partial charge is 0.418 e. The van der Waals surface area contributed by atoms with Crippen molar-refractivity contribution in [2.45, 2.75) is 19.5 Å². The summed E-state index contributed by atoms with van der Waals surface area (Å²) in [5.74, 6) is -1.02. The summed E-state index contributed by atoms with van der Waals surface area (Å²) in [6, 6.07) is 1.15. The van der Waals surface area contributed by atoms with Crippen LogP contribution >= 0.6 is 0 Å². The lowest BCUT2D eigenvalue weighted by Gasteiger charge is -2.15. The Labute approximate surface area is 90.6 Å². The molecule has 0 aliphatic carbocycles. The average Bonchev–Trinajstić information content (AvgIpc) is 2.12. The van der Waals surface area contributed by atoms with Gasteiger partial charge in [0.1, 0.15) is 5.82 Å². The van der Waals surface area contributed by atoms with Crippen LogP contribution in [-0.2, 0) is 12.6 Å². The summed E-state index contributed by atoms with van der Waals surface area (Å²) in [6.45, 7) is 4.65. The molecule has 0 bridgehead atoms. The quantitative estimate of drug-likeness (QED) is 0.472. The van der Waals surface area contributed by atoms with Crippen molar-refractivity contribution in [3.05, 3.63) is 41.2 Å². The summed E-state index contributed by atoms with van der Waals surface area (Å²) < 4.78 is 51.1. The van der Waals surface area contributed by atoms with Crippen molar-refractivity contribution >= 4 is 5.69 Å². The van der Waals surface area contributed by atoms with E-state index in [4.69, 9.17) is 5.73 Å². The molecule has 1 aromatic rings. The van der Waals surface area contributed by atoms with Gasteiger partial charge in [0.2, 0.25) is 0 Å². The molecule has 5 heteroatoms. The maximum atomic E-state index is 13.5. The Morgan fingerprint density at radius 2 is 2.00 bits per heavy atom. The summed E-state index contributed by atoms with van der Waals surface area (Å²) in [7, 11) is 0. The van der Waals surface area contributed by atoms with E-state index in [9.17, 15) is 17.6 Å². The molecule has 1 nitrogen and oxygen atoms in total. The van der Waals surface area contributed by atoms with E-state index >= 15 is 0 Å². The van der Waals surface area contributed by atoms with Crippen LogP contribution in [0.1, 0.15) is 16.7 Å². The SMILES string of the molecule is C=CCc1cc(C)c(C(F)(F)F)c(N)c1F. The molecule has 0 radical (unpaired) electrons. The van der Waals surface area contributed by atoms with Crippen molar-refractivity contribution in [2.75, 3.05) is 5.73 Å². The highest BCUT2D eigenvalue weighted by molar-refractivity contribution is 5.56. The van der Waals surface area contributed by atoms with Gasteiger partial charge in [0.05, 0.1) is 11.3 Å². The maximum absolute atomic E-state index is 13.5. The second-order valence-corrected chi connectivity index (χ2v) is 3.45. The highest BCUT2D eigenvalue weighted by Crippen LogP contribution is 2.38. The number of aryl methyl sites for hydroxylation is 1. The molecule has 0 spiro atoms. The normalized spacial score (nSPS) is 11.6. The summed E-state index contributed by atoms with van der Waals surface area (Å²) >= 11 is 0. The third-order valence-corrected chi connectivity index (χ3v) is 2.22. The van der Waals surface area contributed by atoms with Gasteiger partial charge in [-0.05, 0) is 24.5 Å². The molecule has 1 rings (SSSR count). The second kappa shape index (κ2) is 4.15. The van der Waals surface area contributed by atoms with Crippen LogP contribution in [0.15, 0.2) is 18.7 Å². The highest BCUT2D eigenvalue weighted by Gasteiger charge is 2.36. The van der Waals surface area contributed by atoms with E-state index < -0.39 is 23.2 Å². The number of nitrogens with two attached hydrogens (primary N) is 1. The van der Waals surface area contributed by atoms with Crippen LogP contribution in [0.5, 0.6) is 0 Å². The smallest absolute Gasteiger partial charge is 0.396 e. The van der Waals surface area contributed by atoms with Crippen LogP contribution < -0.4 is 5.73 Å². The van der Waals surface area contributed by atoms with Crippen molar-refractivity contribution in [2.24, 2.45) is 0 Å². The maximum Gasteiger partial charge on any atom is 0.418 e. The number of hydrogen-bond acceptors (Lipinski definition) is 1. The predicted molar refractivity (Wildman–Crippen MR) is 54.5 cm³/mol. The molecule has 0 fully saturated rings. The van der Waals surface area contributed by atoms with Crippen LogP contribution in [-0.4, -0.2) is 0 Å². The molecule has 0 amide bonds. The molecule has 0 heterocycles. The molecular formula is C11H11F4N. The number of anilines is 1. The zero-order valence-electron chi connectivity index (χ0n) is 8.66. The predicted octanol–water partition coefficient (Wildman–Crippen LogP) is 3.46. The molecule has 0 aromatic heterocycles. The molecule has 0 saturated heterocycles. The lowest BCUT2D eigenvalue weighted by molar-refractivity contribution is -0.137. The molecule has 1 aromatic carbocycles. The Bertz CT molecular complexity index is 421. The lowest BCUT2D eigenvalue weighted by atomic mass is 10.00. The fourth-order valence-corrected chi connectivity index (χ4v) is 1.57. The lowest BCUT2D eigenvalue weighted by Crippen LogP contribution is -2.14. The zero-order valence-corrected chi connectivity index (χ0v) is 8.66. The third-order valence-electron chi connectivity index (χ3n) is 2.22. The van der Waals surface area contributed by atoms with Crippen LogP contribution in [0.25, 0.3) is 0 Å². The molecular weight excluding hydrogens is 222 g/mol. The number of allylic oxidation sites excluding steroid dienone is 1. The fourth-order valence-electron chi connectivity index (χ4n) is 1.57. The zero-order chi connectivity index (χ0) is 12.5. The van der Waals surface area contributed by atoms with Crippen molar-refractivity contribution < 1.29 is 17.6 Å². The van der Waals surface area contributed by atoms with Gasteiger partial charge in [-0.15, -0.1) is 6.58 Å². The molecule has 88 valence electrons. The van der Waals surface area contributed by atoms with Crippen molar-refractivity contribution in [3.63, 3.8) is 0 Å². The molecule has 0 aliphatic heterocycles. The van der Waals surface area contributed by atoms with Gasteiger partial charge in [-0.2, -0.15) is 13.2 Å². The first kappa shape index (κ1) is 12.5. The Kier molecular flexibility index (Phi) is 3.26. The minimum Gasteiger partial charge on any atom is -0.396 e. The number of hydrogen-bond donors (Lipinski definition) is 1. The van der Waals surface area contributed by atoms with E-state index in [0.29, 0.717) is 0 Å². The summed E-state index contributed by atoms with van der Waals surface area (Å²) in [5.41, 5.74) is 3.27. The summed E-state index contributed by atoms with van der Waals surface area (Å²) in [5, 5.41) is 0. The number of nitrogen functional groups attached to an aromatic ring is 1. The Morgan fingerprint density at radius 3 is 2.44 bits per heavy atom. The monoisotopic (exact) mass is 233 g/mol. The number of rotatable bonds is 2. The topological polar surface area (TPSA) is 26.0 Å². The van der Waals surface area contributed by atoms with Crippen LogP contribution in [0, 0.1) is 12.7 Å². The Balaban J connectivity index is 3.46. The van der Waals surface area contributed by atoms with Gasteiger partial charge in [0, 0.05) is 0 Å². The van der Waals surface area contributed by atoms with Crippen LogP contribution in [0.2, 0.25) is 0 Å². The first-order chi connectivity index (χ1) is 7.29. The second-order valence-electron chi connectivity index (χ2n) is 3.45. The average molecular weight is 233 g/mol. The van der Waals surface area contributed by atoms with Gasteiger partial charge < -0.3 is 5.73 Å².